The summed E-state index contributed by atoms with van der Waals surface area (Å²) in [4.78, 5) is 14.7. The molecule has 0 N–H and O–H groups in total. The van der Waals surface area contributed by atoms with Crippen LogP contribution in [-0.2, 0) is 0 Å². The quantitative estimate of drug-likeness (QED) is 0.169. The summed E-state index contributed by atoms with van der Waals surface area (Å²) in [7, 11) is 0. The van der Waals surface area contributed by atoms with Crippen molar-refractivity contribution in [2.75, 3.05) is 0 Å². The molecule has 11 rings (SSSR count). The van der Waals surface area contributed by atoms with Crippen LogP contribution in [-0.4, -0.2) is 24.1 Å². The van der Waals surface area contributed by atoms with E-state index in [0.29, 0.717) is 17.2 Å². The number of fused-ring (bicyclic) bond motifs is 7. The van der Waals surface area contributed by atoms with Crippen LogP contribution in [0.2, 0.25) is 0 Å². The molecule has 11 aromatic rings. The molecule has 6 nitrogen and oxygen atoms in total. The van der Waals surface area contributed by atoms with Crippen LogP contribution < -0.4 is 0 Å². The molecule has 0 saturated heterocycles. The minimum absolute atomic E-state index is 0.0226. The van der Waals surface area contributed by atoms with E-state index >= 15 is 0 Å². The Morgan fingerprint density at radius 3 is 1.72 bits per heavy atom. The van der Waals surface area contributed by atoms with E-state index < -0.39 is 153 Å². The van der Waals surface area contributed by atoms with Crippen LogP contribution in [0.25, 0.3) is 100 Å². The molecule has 6 heteroatoms. The number of para-hydroxylation sites is 2. The highest BCUT2D eigenvalue weighted by Crippen LogP contribution is 2.42. The van der Waals surface area contributed by atoms with Crippen molar-refractivity contribution in [3.63, 3.8) is 0 Å². The predicted octanol–water partition coefficient (Wildman–Crippen LogP) is 12.6. The Bertz CT molecular complexity index is 4490. The lowest BCUT2D eigenvalue weighted by Crippen LogP contribution is -2.07. The first-order valence-electron chi connectivity index (χ1n) is 27.2. The van der Waals surface area contributed by atoms with Gasteiger partial charge in [0.2, 0.25) is 5.95 Å². The largest absolute Gasteiger partial charge is 0.307 e. The molecule has 3 heterocycles. The van der Waals surface area contributed by atoms with Gasteiger partial charge in [0.25, 0.3) is 0 Å². The third-order valence-corrected chi connectivity index (χ3v) is 9.68. The number of hydrogen-bond donors (Lipinski definition) is 0. The Morgan fingerprint density at radius 2 is 1.02 bits per heavy atom. The molecule has 0 saturated carbocycles. The van der Waals surface area contributed by atoms with Crippen molar-refractivity contribution in [2.24, 2.45) is 0 Å². The fraction of sp³-hybridized carbons (Fsp3) is 0. The van der Waals surface area contributed by atoms with Crippen LogP contribution in [0, 0.1) is 11.3 Å². The van der Waals surface area contributed by atoms with E-state index in [2.05, 4.69) is 0 Å². The first kappa shape index (κ1) is 19.1. The summed E-state index contributed by atoms with van der Waals surface area (Å²) in [5.74, 6) is -0.300. The molecule has 0 aliphatic heterocycles. The zero-order valence-corrected chi connectivity index (χ0v) is 29.7. The number of aromatic nitrogens is 5. The number of hydrogen-bond acceptors (Lipinski definition) is 4. The highest BCUT2D eigenvalue weighted by atomic mass is 15.2. The molecule has 0 aliphatic carbocycles. The summed E-state index contributed by atoms with van der Waals surface area (Å²) in [6.07, 6.45) is 0. The second kappa shape index (κ2) is 13.6. The van der Waals surface area contributed by atoms with Crippen molar-refractivity contribution in [3.05, 3.63) is 199 Å². The minimum Gasteiger partial charge on any atom is -0.307 e. The van der Waals surface area contributed by atoms with E-state index in [4.69, 9.17) is 28.7 Å². The van der Waals surface area contributed by atoms with Gasteiger partial charge in [0.05, 0.1) is 59.7 Å². The fourth-order valence-corrected chi connectivity index (χ4v) is 7.09. The van der Waals surface area contributed by atoms with Crippen LogP contribution in [0.1, 0.15) is 31.6 Å². The topological polar surface area (TPSA) is 72.3 Å². The monoisotopic (exact) mass is 759 g/mol. The van der Waals surface area contributed by atoms with Crippen LogP contribution in [0.4, 0.5) is 0 Å². The van der Waals surface area contributed by atoms with Gasteiger partial charge in [-0.15, -0.1) is 0 Å². The van der Waals surface area contributed by atoms with E-state index in [1.807, 2.05) is 0 Å². The third kappa shape index (κ3) is 5.37. The van der Waals surface area contributed by atoms with Crippen molar-refractivity contribution in [3.8, 4) is 62.7 Å². The van der Waals surface area contributed by atoms with Crippen molar-refractivity contribution in [1.82, 2.24) is 24.1 Å². The Labute approximate surface area is 360 Å². The number of nitriles is 1. The third-order valence-electron chi connectivity index (χ3n) is 9.68. The first-order valence-corrected chi connectivity index (χ1v) is 17.7. The Hall–Kier alpha value is -8.14. The standard InChI is InChI=1S/C52H32N6/c53-33-39-18-7-8-21-41(39)38-19-13-20-40(32-38)57-46-24-11-9-22-42(46)44-30-31-45-43-23-10-12-25-47(43)58(49(45)48(44)57)52-55-50(36-16-5-2-6-17-36)54-51(56-52)37-28-26-35(27-29-37)34-14-3-1-4-15-34/h1-32H/i1D,7D,8D,9D,10D,11D,12D,13D,18D,19D,20D,21D,22D,23D,24D,25D,30D,31D,32D. The molecular formula is C52H32N6. The molecule has 3 aromatic heterocycles. The molecule has 0 fully saturated rings. The lowest BCUT2D eigenvalue weighted by atomic mass is 10.00. The Balaban J connectivity index is 1.40. The maximum absolute atomic E-state index is 10.4. The van der Waals surface area contributed by atoms with Gasteiger partial charge in [-0.25, -0.2) is 4.98 Å². The maximum Gasteiger partial charge on any atom is 0.238 e. The smallest absolute Gasteiger partial charge is 0.238 e. The highest BCUT2D eigenvalue weighted by Gasteiger charge is 2.23. The van der Waals surface area contributed by atoms with Crippen molar-refractivity contribution in [2.45, 2.75) is 0 Å². The number of nitrogens with zero attached hydrogens (tertiary/aromatic N) is 6. The van der Waals surface area contributed by atoms with Gasteiger partial charge in [-0.05, 0) is 52.5 Å². The van der Waals surface area contributed by atoms with E-state index in [-0.39, 0.29) is 39.4 Å². The molecule has 8 aromatic carbocycles. The van der Waals surface area contributed by atoms with Crippen molar-refractivity contribution < 1.29 is 26.0 Å². The fourth-order valence-electron chi connectivity index (χ4n) is 7.09. The summed E-state index contributed by atoms with van der Waals surface area (Å²) >= 11 is 0. The van der Waals surface area contributed by atoms with E-state index in [0.717, 1.165) is 15.7 Å². The Morgan fingerprint density at radius 1 is 0.448 bits per heavy atom. The molecule has 0 amide bonds. The normalized spacial score (nSPS) is 16.0. The van der Waals surface area contributed by atoms with Crippen molar-refractivity contribution in [1.29, 1.82) is 5.26 Å². The van der Waals surface area contributed by atoms with E-state index in [1.54, 1.807) is 84.9 Å². The lowest BCUT2D eigenvalue weighted by Gasteiger charge is -2.14. The van der Waals surface area contributed by atoms with Crippen LogP contribution in [0.15, 0.2) is 194 Å². The van der Waals surface area contributed by atoms with Gasteiger partial charge in [0.15, 0.2) is 11.6 Å². The minimum atomic E-state index is -0.966. The SMILES string of the molecule is [2H]c1ccc(-c2ccc(-c3nc(-c4ccccc4)nc(-n4c5c([2H])c([2H])c([2H])c([2H])c5c5c([2H])c([2H])c6c7c([2H])c([2H])c([2H])c([2H])c7n(-c7c([2H])c([2H])c([2H])c(-c8c([2H])c([2H])c([2H])c([2H])c8C#N)c7[2H])c6c54)n3)cc2)cc1. The zero-order chi connectivity index (χ0) is 55.1. The molecule has 58 heavy (non-hydrogen) atoms. The van der Waals surface area contributed by atoms with Crippen LogP contribution in [0.3, 0.4) is 0 Å². The van der Waals surface area contributed by atoms with Crippen molar-refractivity contribution >= 4 is 43.6 Å². The average Bonchev–Trinajstić information content (AvgIpc) is 3.70. The lowest BCUT2D eigenvalue weighted by molar-refractivity contribution is 0.953. The van der Waals surface area contributed by atoms with Gasteiger partial charge >= 0.3 is 0 Å². The molecule has 0 aliphatic rings. The maximum atomic E-state index is 10.4. The van der Waals surface area contributed by atoms with E-state index in [1.165, 1.54) is 4.57 Å². The molecule has 0 unspecified atom stereocenters. The molecule has 0 spiro atoms. The summed E-state index contributed by atoms with van der Waals surface area (Å²) < 4.78 is 175. The average molecular weight is 760 g/mol. The van der Waals surface area contributed by atoms with Gasteiger partial charge < -0.3 is 4.57 Å². The molecular weight excluding hydrogens is 709 g/mol. The second-order valence-electron chi connectivity index (χ2n) is 12.9. The van der Waals surface area contributed by atoms with Gasteiger partial charge in [-0.1, -0.05) is 163 Å². The summed E-state index contributed by atoms with van der Waals surface area (Å²) in [5.41, 5.74) is -2.12. The van der Waals surface area contributed by atoms with Crippen LogP contribution in [0.5, 0.6) is 0 Å². The molecule has 0 atom stereocenters. The summed E-state index contributed by atoms with van der Waals surface area (Å²) in [5, 5.41) is 8.81. The zero-order valence-electron chi connectivity index (χ0n) is 48.7. The molecule has 270 valence electrons. The molecule has 0 bridgehead atoms. The highest BCUT2D eigenvalue weighted by molar-refractivity contribution is 6.23. The predicted molar refractivity (Wildman–Crippen MR) is 235 cm³/mol. The van der Waals surface area contributed by atoms with Gasteiger partial charge in [-0.2, -0.15) is 15.2 Å². The van der Waals surface area contributed by atoms with Gasteiger partial charge in [-0.3, -0.25) is 4.57 Å². The van der Waals surface area contributed by atoms with Gasteiger partial charge in [0.1, 0.15) is 0 Å². The first-order chi connectivity index (χ1) is 36.6. The number of rotatable bonds is 6. The Kier molecular flexibility index (Phi) is 4.47. The molecule has 0 radical (unpaired) electrons. The summed E-state index contributed by atoms with van der Waals surface area (Å²) in [6.45, 7) is 0. The second-order valence-corrected chi connectivity index (χ2v) is 12.9. The van der Waals surface area contributed by atoms with E-state index in [9.17, 15) is 17.6 Å². The number of benzene rings is 8. The van der Waals surface area contributed by atoms with Gasteiger partial charge in [0, 0.05) is 38.4 Å². The van der Waals surface area contributed by atoms with Crippen LogP contribution >= 0.6 is 0 Å². The summed E-state index contributed by atoms with van der Waals surface area (Å²) in [6, 6.07) is 9.84.